The lowest BCUT2D eigenvalue weighted by Gasteiger charge is -2.22. The van der Waals surface area contributed by atoms with Gasteiger partial charge >= 0.3 is 6.09 Å². The Morgan fingerprint density at radius 2 is 1.83 bits per heavy atom. The molecule has 0 atom stereocenters. The highest BCUT2D eigenvalue weighted by atomic mass is 16.4. The van der Waals surface area contributed by atoms with Crippen LogP contribution in [0.5, 0.6) is 0 Å². The average Bonchev–Trinajstić information content (AvgIpc) is 2.40. The van der Waals surface area contributed by atoms with Gasteiger partial charge in [0.2, 0.25) is 0 Å². The molecule has 0 aromatic heterocycles. The van der Waals surface area contributed by atoms with E-state index in [1.165, 1.54) is 42.6 Å². The van der Waals surface area contributed by atoms with E-state index >= 15 is 0 Å². The minimum Gasteiger partial charge on any atom is -0.465 e. The fourth-order valence-electron chi connectivity index (χ4n) is 2.67. The van der Waals surface area contributed by atoms with Crippen molar-refractivity contribution in [3.05, 3.63) is 35.4 Å². The highest BCUT2D eigenvalue weighted by Crippen LogP contribution is 2.32. The molecule has 1 aliphatic carbocycles. The summed E-state index contributed by atoms with van der Waals surface area (Å²) < 4.78 is 0. The number of hydrogen-bond acceptors (Lipinski definition) is 1. The first-order chi connectivity index (χ1) is 8.66. The van der Waals surface area contributed by atoms with Crippen LogP contribution in [0.2, 0.25) is 0 Å². The molecule has 0 heterocycles. The molecule has 2 rings (SSSR count). The molecule has 1 amide bonds. The summed E-state index contributed by atoms with van der Waals surface area (Å²) >= 11 is 0. The van der Waals surface area contributed by atoms with Crippen LogP contribution in [0.1, 0.15) is 49.1 Å². The fourth-order valence-corrected chi connectivity index (χ4v) is 2.67. The number of nitrogens with zero attached hydrogens (tertiary/aromatic N) is 1. The normalized spacial score (nSPS) is 16.5. The summed E-state index contributed by atoms with van der Waals surface area (Å²) in [4.78, 5) is 12.0. The van der Waals surface area contributed by atoms with E-state index in [0.717, 1.165) is 5.56 Å². The maximum Gasteiger partial charge on any atom is 0.407 e. The lowest BCUT2D eigenvalue weighted by molar-refractivity contribution is 0.154. The Kier molecular flexibility index (Phi) is 4.24. The molecule has 18 heavy (non-hydrogen) atoms. The molecule has 98 valence electrons. The lowest BCUT2D eigenvalue weighted by Crippen LogP contribution is -2.23. The first-order valence-electron chi connectivity index (χ1n) is 6.69. The maximum absolute atomic E-state index is 10.7. The van der Waals surface area contributed by atoms with Crippen LogP contribution in [0.15, 0.2) is 24.3 Å². The van der Waals surface area contributed by atoms with Gasteiger partial charge in [0.25, 0.3) is 0 Å². The Morgan fingerprint density at radius 1 is 1.22 bits per heavy atom. The highest BCUT2D eigenvalue weighted by molar-refractivity contribution is 5.64. The van der Waals surface area contributed by atoms with E-state index in [9.17, 15) is 4.79 Å². The van der Waals surface area contributed by atoms with Crippen LogP contribution in [0.25, 0.3) is 0 Å². The monoisotopic (exact) mass is 247 g/mol. The molecular formula is C15H21NO2. The van der Waals surface area contributed by atoms with Crippen molar-refractivity contribution in [3.63, 3.8) is 0 Å². The summed E-state index contributed by atoms with van der Waals surface area (Å²) in [5.41, 5.74) is 2.47. The van der Waals surface area contributed by atoms with Crippen molar-refractivity contribution in [2.45, 2.75) is 44.6 Å². The molecule has 0 bridgehead atoms. The van der Waals surface area contributed by atoms with E-state index < -0.39 is 6.09 Å². The Bertz CT molecular complexity index is 393. The van der Waals surface area contributed by atoms with Crippen LogP contribution in [0.4, 0.5) is 4.79 Å². The molecule has 1 N–H and O–H groups in total. The molecule has 1 aliphatic rings. The molecule has 1 saturated carbocycles. The summed E-state index contributed by atoms with van der Waals surface area (Å²) in [5.74, 6) is 0.713. The fraction of sp³-hybridized carbons (Fsp3) is 0.533. The largest absolute Gasteiger partial charge is 0.465 e. The number of amides is 1. The first-order valence-corrected chi connectivity index (χ1v) is 6.69. The van der Waals surface area contributed by atoms with Gasteiger partial charge in [0.15, 0.2) is 0 Å². The summed E-state index contributed by atoms with van der Waals surface area (Å²) in [7, 11) is 1.59. The maximum atomic E-state index is 10.7. The van der Waals surface area contributed by atoms with Crippen LogP contribution in [-0.2, 0) is 6.54 Å². The zero-order valence-electron chi connectivity index (χ0n) is 10.9. The third-order valence-electron chi connectivity index (χ3n) is 3.80. The van der Waals surface area contributed by atoms with Gasteiger partial charge in [0.05, 0.1) is 0 Å². The minimum absolute atomic E-state index is 0.459. The zero-order chi connectivity index (χ0) is 13.0. The van der Waals surface area contributed by atoms with Crippen LogP contribution in [0, 0.1) is 0 Å². The third-order valence-corrected chi connectivity index (χ3v) is 3.80. The Hall–Kier alpha value is -1.51. The molecule has 0 saturated heterocycles. The first kappa shape index (κ1) is 12.9. The van der Waals surface area contributed by atoms with Crippen molar-refractivity contribution < 1.29 is 9.90 Å². The van der Waals surface area contributed by atoms with Gasteiger partial charge < -0.3 is 10.0 Å². The summed E-state index contributed by atoms with van der Waals surface area (Å²) in [5, 5.41) is 8.83. The van der Waals surface area contributed by atoms with E-state index in [1.807, 2.05) is 0 Å². The SMILES string of the molecule is CN(Cc1ccc(C2CCCCC2)cc1)C(=O)O. The van der Waals surface area contributed by atoms with E-state index in [1.54, 1.807) is 7.05 Å². The lowest BCUT2D eigenvalue weighted by atomic mass is 9.84. The van der Waals surface area contributed by atoms with Gasteiger partial charge in [-0.2, -0.15) is 0 Å². The molecular weight excluding hydrogens is 226 g/mol. The number of benzene rings is 1. The topological polar surface area (TPSA) is 40.5 Å². The van der Waals surface area contributed by atoms with Gasteiger partial charge in [0.1, 0.15) is 0 Å². The molecule has 0 spiro atoms. The Labute approximate surface area is 108 Å². The molecule has 1 aromatic rings. The van der Waals surface area contributed by atoms with E-state index in [0.29, 0.717) is 12.5 Å². The van der Waals surface area contributed by atoms with E-state index in [-0.39, 0.29) is 0 Å². The second-order valence-electron chi connectivity index (χ2n) is 5.22. The summed E-state index contributed by atoms with van der Waals surface area (Å²) in [6.45, 7) is 0.459. The van der Waals surface area contributed by atoms with Gasteiger partial charge in [-0.25, -0.2) is 4.79 Å². The summed E-state index contributed by atoms with van der Waals surface area (Å²) in [6.07, 6.45) is 5.77. The standard InChI is InChI=1S/C15H21NO2/c1-16(15(17)18)11-12-7-9-14(10-8-12)13-5-3-2-4-6-13/h7-10,13H,2-6,11H2,1H3,(H,17,18). The molecule has 0 radical (unpaired) electrons. The Balaban J connectivity index is 1.98. The summed E-state index contributed by atoms with van der Waals surface area (Å²) in [6, 6.07) is 8.45. The minimum atomic E-state index is -0.883. The number of carboxylic acid groups (broad SMARTS) is 1. The third kappa shape index (κ3) is 3.25. The number of hydrogen-bond donors (Lipinski definition) is 1. The molecule has 3 heteroatoms. The Morgan fingerprint density at radius 3 is 2.39 bits per heavy atom. The van der Waals surface area contributed by atoms with Crippen LogP contribution < -0.4 is 0 Å². The van der Waals surface area contributed by atoms with Crippen LogP contribution in [-0.4, -0.2) is 23.1 Å². The zero-order valence-corrected chi connectivity index (χ0v) is 10.9. The van der Waals surface area contributed by atoms with E-state index in [4.69, 9.17) is 5.11 Å². The van der Waals surface area contributed by atoms with Gasteiger partial charge in [-0.15, -0.1) is 0 Å². The van der Waals surface area contributed by atoms with Crippen molar-refractivity contribution in [3.8, 4) is 0 Å². The van der Waals surface area contributed by atoms with Crippen LogP contribution >= 0.6 is 0 Å². The van der Waals surface area contributed by atoms with Gasteiger partial charge in [-0.05, 0) is 29.9 Å². The number of rotatable bonds is 3. The van der Waals surface area contributed by atoms with Crippen molar-refractivity contribution in [1.29, 1.82) is 0 Å². The molecule has 1 fully saturated rings. The van der Waals surface area contributed by atoms with Gasteiger partial charge in [-0.3, -0.25) is 0 Å². The predicted molar refractivity (Wildman–Crippen MR) is 71.8 cm³/mol. The van der Waals surface area contributed by atoms with Crippen LogP contribution in [0.3, 0.4) is 0 Å². The second-order valence-corrected chi connectivity index (χ2v) is 5.22. The van der Waals surface area contributed by atoms with Gasteiger partial charge in [-0.1, -0.05) is 43.5 Å². The average molecular weight is 247 g/mol. The van der Waals surface area contributed by atoms with Crippen molar-refractivity contribution in [2.75, 3.05) is 7.05 Å². The smallest absolute Gasteiger partial charge is 0.407 e. The molecule has 3 nitrogen and oxygen atoms in total. The van der Waals surface area contributed by atoms with E-state index in [2.05, 4.69) is 24.3 Å². The quantitative estimate of drug-likeness (QED) is 0.881. The highest BCUT2D eigenvalue weighted by Gasteiger charge is 2.15. The molecule has 0 aliphatic heterocycles. The molecule has 0 unspecified atom stereocenters. The molecule has 1 aromatic carbocycles. The second kappa shape index (κ2) is 5.89. The van der Waals surface area contributed by atoms with Crippen molar-refractivity contribution in [1.82, 2.24) is 4.90 Å². The number of carbonyl (C=O) groups is 1. The van der Waals surface area contributed by atoms with Crippen molar-refractivity contribution >= 4 is 6.09 Å². The van der Waals surface area contributed by atoms with Crippen molar-refractivity contribution in [2.24, 2.45) is 0 Å². The van der Waals surface area contributed by atoms with Gasteiger partial charge in [0, 0.05) is 13.6 Å². The predicted octanol–water partition coefficient (Wildman–Crippen LogP) is 3.84.